The predicted molar refractivity (Wildman–Crippen MR) is 104 cm³/mol. The van der Waals surface area contributed by atoms with Gasteiger partial charge in [-0.05, 0) is 37.3 Å². The second-order valence-corrected chi connectivity index (χ2v) is 7.34. The quantitative estimate of drug-likeness (QED) is 0.619. The standard InChI is InChI=1S/C20H15F4N7O/c1-19(7-16(20(22,23)24)32-18(26)28-19)13-6-12(3-4-14(13)21)15-10-31(30-29-15)17-5-2-11(8-25)9-27-17/h2-6,9-10,16H,7H2,1H3,(H2,26,28)/t16-,19-/m0/s1. The van der Waals surface area contributed by atoms with Crippen molar-refractivity contribution in [3.8, 4) is 23.1 Å². The van der Waals surface area contributed by atoms with Crippen LogP contribution >= 0.6 is 0 Å². The SMILES string of the molecule is C[C@@]1(c2cc(-c3cn(-c4ccc(C#N)cn4)nn3)ccc2F)C[C@@H](C(F)(F)F)OC(N)=N1. The Morgan fingerprint density at radius 1 is 1.28 bits per heavy atom. The lowest BCUT2D eigenvalue weighted by Crippen LogP contribution is -2.46. The van der Waals surface area contributed by atoms with Crippen molar-refractivity contribution in [2.45, 2.75) is 31.2 Å². The van der Waals surface area contributed by atoms with Gasteiger partial charge in [0.05, 0.1) is 17.3 Å². The highest BCUT2D eigenvalue weighted by atomic mass is 19.4. The molecule has 32 heavy (non-hydrogen) atoms. The van der Waals surface area contributed by atoms with Gasteiger partial charge < -0.3 is 10.5 Å². The van der Waals surface area contributed by atoms with Crippen LogP contribution in [-0.2, 0) is 10.3 Å². The maximum Gasteiger partial charge on any atom is 0.425 e. The maximum atomic E-state index is 14.7. The van der Waals surface area contributed by atoms with E-state index in [2.05, 4.69) is 25.0 Å². The van der Waals surface area contributed by atoms with Crippen LogP contribution in [0.15, 0.2) is 47.7 Å². The van der Waals surface area contributed by atoms with Crippen LogP contribution in [0.3, 0.4) is 0 Å². The fourth-order valence-electron chi connectivity index (χ4n) is 3.41. The van der Waals surface area contributed by atoms with Crippen molar-refractivity contribution in [3.05, 3.63) is 59.7 Å². The van der Waals surface area contributed by atoms with Gasteiger partial charge >= 0.3 is 6.18 Å². The van der Waals surface area contributed by atoms with E-state index in [0.29, 0.717) is 22.6 Å². The molecule has 3 heterocycles. The predicted octanol–water partition coefficient (Wildman–Crippen LogP) is 3.22. The van der Waals surface area contributed by atoms with Crippen molar-refractivity contribution in [1.82, 2.24) is 20.0 Å². The zero-order valence-corrected chi connectivity index (χ0v) is 16.5. The second-order valence-electron chi connectivity index (χ2n) is 7.34. The van der Waals surface area contributed by atoms with Gasteiger partial charge in [-0.15, -0.1) is 5.10 Å². The number of alkyl halides is 3. The topological polar surface area (TPSA) is 115 Å². The number of benzene rings is 1. The molecular formula is C20H15F4N7O. The smallest absolute Gasteiger partial charge is 0.425 e. The minimum atomic E-state index is -4.69. The molecule has 0 bridgehead atoms. The molecule has 0 unspecified atom stereocenters. The number of pyridine rings is 1. The molecule has 12 heteroatoms. The molecule has 1 aromatic carbocycles. The molecule has 0 aliphatic carbocycles. The largest absolute Gasteiger partial charge is 0.452 e. The number of hydrogen-bond donors (Lipinski definition) is 1. The first kappa shape index (κ1) is 21.2. The summed E-state index contributed by atoms with van der Waals surface area (Å²) in [4.78, 5) is 8.08. The molecule has 0 fully saturated rings. The highest BCUT2D eigenvalue weighted by molar-refractivity contribution is 5.73. The summed E-state index contributed by atoms with van der Waals surface area (Å²) in [7, 11) is 0. The number of aromatic nitrogens is 4. The maximum absolute atomic E-state index is 14.7. The third kappa shape index (κ3) is 3.96. The van der Waals surface area contributed by atoms with E-state index in [-0.39, 0.29) is 5.56 Å². The molecule has 0 amide bonds. The summed E-state index contributed by atoms with van der Waals surface area (Å²) in [6, 6.07) is 8.35. The Morgan fingerprint density at radius 2 is 2.06 bits per heavy atom. The molecule has 0 spiro atoms. The first-order chi connectivity index (χ1) is 15.1. The first-order valence-corrected chi connectivity index (χ1v) is 9.27. The van der Waals surface area contributed by atoms with E-state index in [1.54, 1.807) is 12.1 Å². The monoisotopic (exact) mass is 445 g/mol. The van der Waals surface area contributed by atoms with Gasteiger partial charge in [0.15, 0.2) is 11.9 Å². The molecule has 0 saturated carbocycles. The number of amidine groups is 1. The van der Waals surface area contributed by atoms with Crippen LogP contribution in [0.4, 0.5) is 17.6 Å². The lowest BCUT2D eigenvalue weighted by atomic mass is 9.84. The number of halogens is 4. The number of nitrogens with two attached hydrogens (primary N) is 1. The molecular weight excluding hydrogens is 430 g/mol. The number of nitriles is 1. The molecule has 1 aliphatic heterocycles. The number of hydrogen-bond acceptors (Lipinski definition) is 7. The van der Waals surface area contributed by atoms with Gasteiger partial charge in [-0.1, -0.05) is 5.21 Å². The Labute approximate surface area is 179 Å². The zero-order chi connectivity index (χ0) is 23.1. The van der Waals surface area contributed by atoms with Crippen LogP contribution in [-0.4, -0.2) is 38.3 Å². The number of rotatable bonds is 3. The lowest BCUT2D eigenvalue weighted by molar-refractivity contribution is -0.208. The van der Waals surface area contributed by atoms with Crippen LogP contribution in [0, 0.1) is 17.1 Å². The Bertz CT molecular complexity index is 1230. The van der Waals surface area contributed by atoms with Crippen molar-refractivity contribution in [2.24, 2.45) is 10.7 Å². The van der Waals surface area contributed by atoms with Crippen LogP contribution in [0.2, 0.25) is 0 Å². The molecule has 0 radical (unpaired) electrons. The molecule has 0 saturated heterocycles. The zero-order valence-electron chi connectivity index (χ0n) is 16.5. The normalized spacial score (nSPS) is 20.9. The van der Waals surface area contributed by atoms with Crippen LogP contribution in [0.1, 0.15) is 24.5 Å². The number of ether oxygens (including phenoxy) is 1. The van der Waals surface area contributed by atoms with Gasteiger partial charge in [-0.25, -0.2) is 19.0 Å². The molecule has 164 valence electrons. The Balaban J connectivity index is 1.70. The summed E-state index contributed by atoms with van der Waals surface area (Å²) in [6.07, 6.45) is -4.64. The van der Waals surface area contributed by atoms with Crippen LogP contribution in [0.5, 0.6) is 0 Å². The van der Waals surface area contributed by atoms with Crippen molar-refractivity contribution in [3.63, 3.8) is 0 Å². The van der Waals surface area contributed by atoms with E-state index in [0.717, 1.165) is 6.07 Å². The molecule has 2 atom stereocenters. The average Bonchev–Trinajstić information content (AvgIpc) is 3.23. The summed E-state index contributed by atoms with van der Waals surface area (Å²) < 4.78 is 60.4. The van der Waals surface area contributed by atoms with Gasteiger partial charge in [0.2, 0.25) is 0 Å². The summed E-state index contributed by atoms with van der Waals surface area (Å²) in [5.41, 5.74) is 4.90. The Hall–Kier alpha value is -4.01. The molecule has 1 aliphatic rings. The van der Waals surface area contributed by atoms with Crippen LogP contribution in [0.25, 0.3) is 17.1 Å². The minimum absolute atomic E-state index is 0.0819. The van der Waals surface area contributed by atoms with Crippen molar-refractivity contribution < 1.29 is 22.3 Å². The molecule has 2 N–H and O–H groups in total. The van der Waals surface area contributed by atoms with E-state index in [1.807, 2.05) is 6.07 Å². The molecule has 8 nitrogen and oxygen atoms in total. The van der Waals surface area contributed by atoms with Gasteiger partial charge in [-0.3, -0.25) is 0 Å². The van der Waals surface area contributed by atoms with Gasteiger partial charge in [-0.2, -0.15) is 18.4 Å². The molecule has 3 aromatic rings. The van der Waals surface area contributed by atoms with Crippen molar-refractivity contribution in [1.29, 1.82) is 5.26 Å². The fraction of sp³-hybridized carbons (Fsp3) is 0.250. The van der Waals surface area contributed by atoms with Gasteiger partial charge in [0.25, 0.3) is 6.02 Å². The highest BCUT2D eigenvalue weighted by Gasteiger charge is 2.50. The van der Waals surface area contributed by atoms with Gasteiger partial charge in [0.1, 0.15) is 17.6 Å². The van der Waals surface area contributed by atoms with E-state index < -0.39 is 36.1 Å². The van der Waals surface area contributed by atoms with E-state index in [4.69, 9.17) is 11.0 Å². The summed E-state index contributed by atoms with van der Waals surface area (Å²) in [5, 5.41) is 16.9. The summed E-state index contributed by atoms with van der Waals surface area (Å²) >= 11 is 0. The number of nitrogens with zero attached hydrogens (tertiary/aromatic N) is 6. The second kappa shape index (κ2) is 7.60. The third-order valence-corrected chi connectivity index (χ3v) is 5.02. The van der Waals surface area contributed by atoms with E-state index in [9.17, 15) is 17.6 Å². The minimum Gasteiger partial charge on any atom is -0.452 e. The Kier molecular flexibility index (Phi) is 5.04. The third-order valence-electron chi connectivity index (χ3n) is 5.02. The van der Waals surface area contributed by atoms with E-state index in [1.165, 1.54) is 36.1 Å². The molecule has 2 aromatic heterocycles. The Morgan fingerprint density at radius 3 is 2.72 bits per heavy atom. The van der Waals surface area contributed by atoms with Crippen LogP contribution < -0.4 is 5.73 Å². The van der Waals surface area contributed by atoms with Crippen molar-refractivity contribution >= 4 is 6.02 Å². The first-order valence-electron chi connectivity index (χ1n) is 9.27. The van der Waals surface area contributed by atoms with Gasteiger partial charge in [0, 0.05) is 23.7 Å². The average molecular weight is 445 g/mol. The van der Waals surface area contributed by atoms with E-state index >= 15 is 0 Å². The van der Waals surface area contributed by atoms with Crippen molar-refractivity contribution in [2.75, 3.05) is 0 Å². The summed E-state index contributed by atoms with van der Waals surface area (Å²) in [5.74, 6) is -0.344. The molecule has 4 rings (SSSR count). The highest BCUT2D eigenvalue weighted by Crippen LogP contribution is 2.41. The fourth-order valence-corrected chi connectivity index (χ4v) is 3.41. The lowest BCUT2D eigenvalue weighted by Gasteiger charge is -2.36. The number of aliphatic imine (C=N–C) groups is 1. The summed E-state index contributed by atoms with van der Waals surface area (Å²) in [6.45, 7) is 1.36.